The predicted octanol–water partition coefficient (Wildman–Crippen LogP) is 3.40. The molecule has 20 heavy (non-hydrogen) atoms. The quantitative estimate of drug-likeness (QED) is 0.852. The zero-order valence-electron chi connectivity index (χ0n) is 11.6. The lowest BCUT2D eigenvalue weighted by molar-refractivity contribution is 0.0993. The van der Waals surface area contributed by atoms with Gasteiger partial charge in [0, 0.05) is 18.3 Å². The van der Waals surface area contributed by atoms with E-state index in [1.807, 2.05) is 30.3 Å². The van der Waals surface area contributed by atoms with Crippen molar-refractivity contribution in [3.05, 3.63) is 65.2 Å². The van der Waals surface area contributed by atoms with Crippen LogP contribution in [-0.2, 0) is 6.42 Å². The minimum absolute atomic E-state index is 0.119. The summed E-state index contributed by atoms with van der Waals surface area (Å²) < 4.78 is 0. The van der Waals surface area contributed by atoms with Gasteiger partial charge in [0.25, 0.3) is 5.91 Å². The number of benzene rings is 2. The first-order valence-electron chi connectivity index (χ1n) is 6.53. The zero-order valence-corrected chi connectivity index (χ0v) is 11.6. The van der Waals surface area contributed by atoms with Crippen LogP contribution >= 0.6 is 0 Å². The molecule has 0 N–H and O–H groups in total. The lowest BCUT2D eigenvalue weighted by Gasteiger charge is -2.17. The standard InChI is InChI=1S/C17H16N2O/c1-3-13-7-9-16(10-8-13)19(2)17(20)15-6-4-5-14(11-15)12-18/h4-11H,3H2,1-2H3. The molecule has 0 spiro atoms. The van der Waals surface area contributed by atoms with E-state index in [4.69, 9.17) is 5.26 Å². The third-order valence-corrected chi connectivity index (χ3v) is 3.28. The second-order valence-electron chi connectivity index (χ2n) is 4.58. The van der Waals surface area contributed by atoms with Crippen LogP contribution in [0.3, 0.4) is 0 Å². The minimum atomic E-state index is -0.119. The van der Waals surface area contributed by atoms with Crippen molar-refractivity contribution in [2.24, 2.45) is 0 Å². The fourth-order valence-electron chi connectivity index (χ4n) is 1.99. The number of hydrogen-bond donors (Lipinski definition) is 0. The highest BCUT2D eigenvalue weighted by molar-refractivity contribution is 6.05. The first kappa shape index (κ1) is 13.8. The number of nitrogens with zero attached hydrogens (tertiary/aromatic N) is 2. The normalized spacial score (nSPS) is 9.85. The molecular weight excluding hydrogens is 248 g/mol. The summed E-state index contributed by atoms with van der Waals surface area (Å²) in [6, 6.07) is 16.7. The number of nitriles is 1. The summed E-state index contributed by atoms with van der Waals surface area (Å²) in [6.07, 6.45) is 0.974. The molecule has 0 bridgehead atoms. The van der Waals surface area contributed by atoms with Crippen molar-refractivity contribution in [3.63, 3.8) is 0 Å². The molecule has 3 nitrogen and oxygen atoms in total. The van der Waals surface area contributed by atoms with Gasteiger partial charge in [-0.15, -0.1) is 0 Å². The smallest absolute Gasteiger partial charge is 0.258 e. The Morgan fingerprint density at radius 2 is 1.90 bits per heavy atom. The molecule has 0 saturated carbocycles. The Morgan fingerprint density at radius 1 is 1.20 bits per heavy atom. The van der Waals surface area contributed by atoms with Gasteiger partial charge in [-0.2, -0.15) is 5.26 Å². The van der Waals surface area contributed by atoms with E-state index in [2.05, 4.69) is 6.92 Å². The summed E-state index contributed by atoms with van der Waals surface area (Å²) in [5.74, 6) is -0.119. The molecule has 1 amide bonds. The third-order valence-electron chi connectivity index (χ3n) is 3.28. The summed E-state index contributed by atoms with van der Waals surface area (Å²) in [4.78, 5) is 14.0. The molecule has 2 aromatic rings. The lowest BCUT2D eigenvalue weighted by atomic mass is 10.1. The van der Waals surface area contributed by atoms with Crippen LogP contribution in [0.25, 0.3) is 0 Å². The summed E-state index contributed by atoms with van der Waals surface area (Å²) >= 11 is 0. The molecule has 0 saturated heterocycles. The summed E-state index contributed by atoms with van der Waals surface area (Å²) in [5.41, 5.74) is 3.09. The Morgan fingerprint density at radius 3 is 2.50 bits per heavy atom. The van der Waals surface area contributed by atoms with Crippen molar-refractivity contribution < 1.29 is 4.79 Å². The van der Waals surface area contributed by atoms with Crippen molar-refractivity contribution in [2.75, 3.05) is 11.9 Å². The first-order chi connectivity index (χ1) is 9.65. The van der Waals surface area contributed by atoms with Crippen LogP contribution in [-0.4, -0.2) is 13.0 Å². The van der Waals surface area contributed by atoms with E-state index >= 15 is 0 Å². The molecule has 0 radical (unpaired) electrons. The highest BCUT2D eigenvalue weighted by Gasteiger charge is 2.13. The summed E-state index contributed by atoms with van der Waals surface area (Å²) in [6.45, 7) is 2.09. The molecule has 0 aliphatic rings. The van der Waals surface area contributed by atoms with E-state index in [9.17, 15) is 4.79 Å². The molecule has 0 heterocycles. The lowest BCUT2D eigenvalue weighted by Crippen LogP contribution is -2.26. The zero-order chi connectivity index (χ0) is 14.5. The van der Waals surface area contributed by atoms with Gasteiger partial charge in [-0.25, -0.2) is 0 Å². The average Bonchev–Trinajstić information content (AvgIpc) is 2.53. The van der Waals surface area contributed by atoms with Crippen molar-refractivity contribution >= 4 is 11.6 Å². The van der Waals surface area contributed by atoms with Crippen LogP contribution in [0.15, 0.2) is 48.5 Å². The fraction of sp³-hybridized carbons (Fsp3) is 0.176. The van der Waals surface area contributed by atoms with Gasteiger partial charge in [-0.3, -0.25) is 4.79 Å². The Bertz CT molecular complexity index is 653. The number of rotatable bonds is 3. The number of anilines is 1. The summed E-state index contributed by atoms with van der Waals surface area (Å²) in [5, 5.41) is 8.88. The number of hydrogen-bond acceptors (Lipinski definition) is 2. The van der Waals surface area contributed by atoms with E-state index in [0.29, 0.717) is 11.1 Å². The second kappa shape index (κ2) is 6.03. The Balaban J connectivity index is 2.25. The van der Waals surface area contributed by atoms with E-state index in [1.165, 1.54) is 5.56 Å². The van der Waals surface area contributed by atoms with E-state index < -0.39 is 0 Å². The largest absolute Gasteiger partial charge is 0.311 e. The highest BCUT2D eigenvalue weighted by Crippen LogP contribution is 2.17. The Kier molecular flexibility index (Phi) is 4.17. The molecule has 0 unspecified atom stereocenters. The number of aryl methyl sites for hydroxylation is 1. The first-order valence-corrected chi connectivity index (χ1v) is 6.53. The molecular formula is C17H16N2O. The maximum atomic E-state index is 12.4. The highest BCUT2D eigenvalue weighted by atomic mass is 16.2. The SMILES string of the molecule is CCc1ccc(N(C)C(=O)c2cccc(C#N)c2)cc1. The maximum Gasteiger partial charge on any atom is 0.258 e. The second-order valence-corrected chi connectivity index (χ2v) is 4.58. The molecule has 2 rings (SSSR count). The maximum absolute atomic E-state index is 12.4. The van der Waals surface area contributed by atoms with Crippen LogP contribution in [0.2, 0.25) is 0 Å². The van der Waals surface area contributed by atoms with E-state index in [-0.39, 0.29) is 5.91 Å². The van der Waals surface area contributed by atoms with Crippen LogP contribution in [0.4, 0.5) is 5.69 Å². The van der Waals surface area contributed by atoms with Gasteiger partial charge < -0.3 is 4.90 Å². The van der Waals surface area contributed by atoms with Crippen LogP contribution in [0.5, 0.6) is 0 Å². The summed E-state index contributed by atoms with van der Waals surface area (Å²) in [7, 11) is 1.74. The van der Waals surface area contributed by atoms with Crippen molar-refractivity contribution in [2.45, 2.75) is 13.3 Å². The monoisotopic (exact) mass is 264 g/mol. The number of amides is 1. The van der Waals surface area contributed by atoms with Gasteiger partial charge in [0.1, 0.15) is 0 Å². The fourth-order valence-corrected chi connectivity index (χ4v) is 1.99. The van der Waals surface area contributed by atoms with Gasteiger partial charge in [0.15, 0.2) is 0 Å². The molecule has 0 fully saturated rings. The molecule has 3 heteroatoms. The molecule has 0 aromatic heterocycles. The Hall–Kier alpha value is -2.60. The van der Waals surface area contributed by atoms with E-state index in [1.54, 1.807) is 36.2 Å². The third kappa shape index (κ3) is 2.86. The van der Waals surface area contributed by atoms with Crippen LogP contribution in [0, 0.1) is 11.3 Å². The molecule has 0 atom stereocenters. The minimum Gasteiger partial charge on any atom is -0.311 e. The molecule has 0 aliphatic carbocycles. The van der Waals surface area contributed by atoms with Crippen molar-refractivity contribution in [1.82, 2.24) is 0 Å². The Labute approximate surface area is 119 Å². The predicted molar refractivity (Wildman–Crippen MR) is 79.7 cm³/mol. The topological polar surface area (TPSA) is 44.1 Å². The van der Waals surface area contributed by atoms with Crippen molar-refractivity contribution in [1.29, 1.82) is 5.26 Å². The van der Waals surface area contributed by atoms with Gasteiger partial charge in [-0.1, -0.05) is 25.1 Å². The van der Waals surface area contributed by atoms with Gasteiger partial charge >= 0.3 is 0 Å². The molecule has 2 aromatic carbocycles. The van der Waals surface area contributed by atoms with Gasteiger partial charge in [0.2, 0.25) is 0 Å². The molecule has 100 valence electrons. The van der Waals surface area contributed by atoms with Gasteiger partial charge in [0.05, 0.1) is 11.6 Å². The molecule has 0 aliphatic heterocycles. The van der Waals surface area contributed by atoms with Crippen molar-refractivity contribution in [3.8, 4) is 6.07 Å². The average molecular weight is 264 g/mol. The van der Waals surface area contributed by atoms with Crippen LogP contribution < -0.4 is 4.90 Å². The van der Waals surface area contributed by atoms with Gasteiger partial charge in [-0.05, 0) is 42.3 Å². The van der Waals surface area contributed by atoms with E-state index in [0.717, 1.165) is 12.1 Å². The number of carbonyl (C=O) groups is 1. The van der Waals surface area contributed by atoms with Crippen LogP contribution in [0.1, 0.15) is 28.4 Å². The number of carbonyl (C=O) groups excluding carboxylic acids is 1.